The first kappa shape index (κ1) is 24.9. The van der Waals surface area contributed by atoms with Crippen LogP contribution in [-0.4, -0.2) is 39.4 Å². The molecule has 0 bridgehead atoms. The van der Waals surface area contributed by atoms with Gasteiger partial charge in [0.2, 0.25) is 5.78 Å². The smallest absolute Gasteiger partial charge is 0.332 e. The normalized spacial score (nSPS) is 12.7. The molecule has 1 heterocycles. The monoisotopic (exact) mass is 464 g/mol. The van der Waals surface area contributed by atoms with Gasteiger partial charge in [-0.2, -0.15) is 0 Å². The van der Waals surface area contributed by atoms with E-state index < -0.39 is 47.1 Å². The van der Waals surface area contributed by atoms with Gasteiger partial charge in [0.05, 0.1) is 0 Å². The molecule has 0 radical (unpaired) electrons. The number of nitrogens with two attached hydrogens (primary N) is 1. The molecule has 1 aromatic carbocycles. The zero-order valence-corrected chi connectivity index (χ0v) is 18.9. The van der Waals surface area contributed by atoms with Gasteiger partial charge in [0.25, 0.3) is 11.5 Å². The third-order valence-corrected chi connectivity index (χ3v) is 5.45. The molecule has 2 atom stereocenters. The molecule has 32 heavy (non-hydrogen) atoms. The summed E-state index contributed by atoms with van der Waals surface area (Å²) in [6, 6.07) is 5.08. The number of halogens is 1. The molecule has 0 aliphatic carbocycles. The Balaban J connectivity index is 2.18. The van der Waals surface area contributed by atoms with E-state index in [1.165, 1.54) is 26.2 Å². The number of anilines is 1. The van der Waals surface area contributed by atoms with Crippen LogP contribution in [0.1, 0.15) is 41.0 Å². The van der Waals surface area contributed by atoms with Crippen LogP contribution < -0.4 is 22.3 Å². The number of hydrogen-bond acceptors (Lipinski definition) is 7. The standard InChI is InChI=1S/C21H25ClN4O6/c1-5-11(2)16(24-18(28)12-6-8-13(22)9-7-12)20(30)32-10-14(27)15-17(23)25(3)21(31)26(4)19(15)29/h6-9,11,16H,5,10,23H2,1-4H3,(H,24,28)/t11-,16-/m1/s1. The average molecular weight is 465 g/mol. The first-order chi connectivity index (χ1) is 15.0. The second kappa shape index (κ2) is 10.3. The molecule has 0 saturated heterocycles. The lowest BCUT2D eigenvalue weighted by Gasteiger charge is -2.22. The lowest BCUT2D eigenvalue weighted by atomic mass is 9.98. The fourth-order valence-electron chi connectivity index (χ4n) is 2.92. The SMILES string of the molecule is CC[C@@H](C)[C@@H](NC(=O)c1ccc(Cl)cc1)C(=O)OCC(=O)c1c(N)n(C)c(=O)n(C)c1=O. The Hall–Kier alpha value is -3.40. The number of esters is 1. The number of ketones is 1. The lowest BCUT2D eigenvalue weighted by Crippen LogP contribution is -2.46. The average Bonchev–Trinajstić information content (AvgIpc) is 2.78. The number of ether oxygens (including phenoxy) is 1. The van der Waals surface area contributed by atoms with Crippen molar-refractivity contribution in [1.82, 2.24) is 14.5 Å². The topological polar surface area (TPSA) is 142 Å². The minimum absolute atomic E-state index is 0.299. The predicted octanol–water partition coefficient (Wildman–Crippen LogP) is 0.890. The fourth-order valence-corrected chi connectivity index (χ4v) is 3.04. The second-order valence-electron chi connectivity index (χ2n) is 7.34. The number of aromatic nitrogens is 2. The first-order valence-corrected chi connectivity index (χ1v) is 10.2. The van der Waals surface area contributed by atoms with E-state index in [0.29, 0.717) is 17.0 Å². The molecule has 1 aromatic heterocycles. The van der Waals surface area contributed by atoms with Gasteiger partial charge in [-0.3, -0.25) is 23.5 Å². The summed E-state index contributed by atoms with van der Waals surface area (Å²) in [6.45, 7) is 2.80. The van der Waals surface area contributed by atoms with Crippen LogP contribution in [0.4, 0.5) is 5.82 Å². The van der Waals surface area contributed by atoms with Gasteiger partial charge in [0.15, 0.2) is 6.61 Å². The molecule has 0 fully saturated rings. The maximum atomic E-state index is 12.7. The van der Waals surface area contributed by atoms with Crippen molar-refractivity contribution < 1.29 is 19.1 Å². The van der Waals surface area contributed by atoms with Crippen molar-refractivity contribution in [3.8, 4) is 0 Å². The lowest BCUT2D eigenvalue weighted by molar-refractivity contribution is -0.146. The van der Waals surface area contributed by atoms with Crippen molar-refractivity contribution in [2.24, 2.45) is 20.0 Å². The largest absolute Gasteiger partial charge is 0.456 e. The van der Waals surface area contributed by atoms with Gasteiger partial charge in [-0.05, 0) is 30.2 Å². The summed E-state index contributed by atoms with van der Waals surface area (Å²) >= 11 is 5.83. The molecule has 0 unspecified atom stereocenters. The summed E-state index contributed by atoms with van der Waals surface area (Å²) in [6.07, 6.45) is 0.545. The maximum absolute atomic E-state index is 12.7. The van der Waals surface area contributed by atoms with Gasteiger partial charge in [-0.15, -0.1) is 0 Å². The van der Waals surface area contributed by atoms with Gasteiger partial charge < -0.3 is 15.8 Å². The van der Waals surface area contributed by atoms with Crippen LogP contribution in [-0.2, 0) is 23.6 Å². The van der Waals surface area contributed by atoms with E-state index in [-0.39, 0.29) is 11.7 Å². The van der Waals surface area contributed by atoms with Gasteiger partial charge in [0, 0.05) is 24.7 Å². The molecule has 172 valence electrons. The number of carbonyl (C=O) groups excluding carboxylic acids is 3. The predicted molar refractivity (Wildman–Crippen MR) is 119 cm³/mol. The quantitative estimate of drug-likeness (QED) is 0.436. The summed E-state index contributed by atoms with van der Waals surface area (Å²) in [4.78, 5) is 62.0. The minimum atomic E-state index is -1.03. The van der Waals surface area contributed by atoms with Crippen molar-refractivity contribution in [3.63, 3.8) is 0 Å². The van der Waals surface area contributed by atoms with Crippen LogP contribution in [0.25, 0.3) is 0 Å². The summed E-state index contributed by atoms with van der Waals surface area (Å²) in [5.74, 6) is -2.83. The molecule has 2 rings (SSSR count). The molecule has 11 heteroatoms. The minimum Gasteiger partial charge on any atom is -0.456 e. The van der Waals surface area contributed by atoms with E-state index >= 15 is 0 Å². The Morgan fingerprint density at radius 1 is 1.12 bits per heavy atom. The van der Waals surface area contributed by atoms with E-state index in [1.54, 1.807) is 19.1 Å². The molecular weight excluding hydrogens is 440 g/mol. The van der Waals surface area contributed by atoms with E-state index in [1.807, 2.05) is 6.92 Å². The Morgan fingerprint density at radius 3 is 2.28 bits per heavy atom. The fraction of sp³-hybridized carbons (Fsp3) is 0.381. The number of rotatable bonds is 8. The van der Waals surface area contributed by atoms with Crippen LogP contribution in [0, 0.1) is 5.92 Å². The molecule has 3 N–H and O–H groups in total. The third kappa shape index (κ3) is 5.25. The van der Waals surface area contributed by atoms with Crippen LogP contribution in [0.3, 0.4) is 0 Å². The van der Waals surface area contributed by atoms with E-state index in [2.05, 4.69) is 5.32 Å². The summed E-state index contributed by atoms with van der Waals surface area (Å²) in [7, 11) is 2.52. The van der Waals surface area contributed by atoms with Gasteiger partial charge >= 0.3 is 11.7 Å². The highest BCUT2D eigenvalue weighted by Gasteiger charge is 2.29. The van der Waals surface area contributed by atoms with Crippen LogP contribution in [0.5, 0.6) is 0 Å². The highest BCUT2D eigenvalue weighted by molar-refractivity contribution is 6.30. The Labute approximate surface area is 188 Å². The number of nitrogen functional groups attached to an aromatic ring is 1. The van der Waals surface area contributed by atoms with Crippen LogP contribution in [0.2, 0.25) is 5.02 Å². The van der Waals surface area contributed by atoms with Crippen molar-refractivity contribution in [2.75, 3.05) is 12.3 Å². The molecule has 1 amide bonds. The van der Waals surface area contributed by atoms with Crippen molar-refractivity contribution in [1.29, 1.82) is 0 Å². The zero-order chi connectivity index (χ0) is 24.2. The van der Waals surface area contributed by atoms with Crippen molar-refractivity contribution in [2.45, 2.75) is 26.3 Å². The molecule has 0 aliphatic rings. The number of nitrogens with zero attached hydrogens (tertiary/aromatic N) is 2. The van der Waals surface area contributed by atoms with Crippen molar-refractivity contribution in [3.05, 3.63) is 61.3 Å². The Bertz CT molecular complexity index is 1150. The van der Waals surface area contributed by atoms with Crippen LogP contribution in [0.15, 0.2) is 33.9 Å². The summed E-state index contributed by atoms with van der Waals surface area (Å²) in [5.41, 5.74) is 4.02. The van der Waals surface area contributed by atoms with E-state index in [9.17, 15) is 24.0 Å². The Kier molecular flexibility index (Phi) is 7.98. The molecular formula is C21H25ClN4O6. The van der Waals surface area contributed by atoms with Crippen molar-refractivity contribution >= 4 is 35.1 Å². The molecule has 0 spiro atoms. The summed E-state index contributed by atoms with van der Waals surface area (Å²) < 4.78 is 6.79. The highest BCUT2D eigenvalue weighted by Crippen LogP contribution is 2.14. The number of nitrogens with one attached hydrogen (secondary N) is 1. The van der Waals surface area contributed by atoms with Gasteiger partial charge in [-0.1, -0.05) is 31.9 Å². The zero-order valence-electron chi connectivity index (χ0n) is 18.2. The van der Waals surface area contributed by atoms with Gasteiger partial charge in [0.1, 0.15) is 17.4 Å². The molecule has 0 aliphatic heterocycles. The highest BCUT2D eigenvalue weighted by atomic mass is 35.5. The number of benzene rings is 1. The maximum Gasteiger partial charge on any atom is 0.332 e. The van der Waals surface area contributed by atoms with Crippen LogP contribution >= 0.6 is 11.6 Å². The second-order valence-corrected chi connectivity index (χ2v) is 7.78. The number of amides is 1. The number of hydrogen-bond donors (Lipinski definition) is 2. The molecule has 0 saturated carbocycles. The third-order valence-electron chi connectivity index (χ3n) is 5.19. The molecule has 2 aromatic rings. The number of Topliss-reactive ketones (excluding diaryl/α,β-unsaturated/α-hetero) is 1. The molecule has 10 nitrogen and oxygen atoms in total. The first-order valence-electron chi connectivity index (χ1n) is 9.81. The number of carbonyl (C=O) groups is 3. The Morgan fingerprint density at radius 2 is 1.72 bits per heavy atom. The van der Waals surface area contributed by atoms with E-state index in [0.717, 1.165) is 9.13 Å². The summed E-state index contributed by atoms with van der Waals surface area (Å²) in [5, 5.41) is 3.07. The van der Waals surface area contributed by atoms with Gasteiger partial charge in [-0.25, -0.2) is 9.59 Å². The van der Waals surface area contributed by atoms with E-state index in [4.69, 9.17) is 22.1 Å².